The lowest BCUT2D eigenvalue weighted by Crippen LogP contribution is -2.35. The molecule has 4 aromatic rings. The van der Waals surface area contributed by atoms with Crippen molar-refractivity contribution in [1.29, 1.82) is 0 Å². The second-order valence-electron chi connectivity index (χ2n) is 12.1. The average Bonchev–Trinajstić information content (AvgIpc) is 3.74. The predicted molar refractivity (Wildman–Crippen MR) is 185 cm³/mol. The van der Waals surface area contributed by atoms with E-state index in [1.807, 2.05) is 60.7 Å². The Kier molecular flexibility index (Phi) is 10.5. The van der Waals surface area contributed by atoms with Gasteiger partial charge >= 0.3 is 5.97 Å². The minimum atomic E-state index is -0.760. The number of aromatic nitrogens is 2. The molecule has 0 bridgehead atoms. The van der Waals surface area contributed by atoms with Crippen molar-refractivity contribution in [3.8, 4) is 45.4 Å². The summed E-state index contributed by atoms with van der Waals surface area (Å²) in [5.41, 5.74) is 6.03. The monoisotopic (exact) mass is 689 g/mol. The van der Waals surface area contributed by atoms with Crippen molar-refractivity contribution in [2.75, 3.05) is 33.9 Å². The van der Waals surface area contributed by atoms with Crippen molar-refractivity contribution in [3.05, 3.63) is 81.8 Å². The Morgan fingerprint density at radius 3 is 2.02 bits per heavy atom. The van der Waals surface area contributed by atoms with Crippen LogP contribution >= 0.6 is 23.2 Å². The number of carboxylic acid groups (broad SMARTS) is 1. The molecule has 2 fully saturated rings. The summed E-state index contributed by atoms with van der Waals surface area (Å²) in [6.07, 6.45) is 2.03. The molecule has 2 aromatic heterocycles. The van der Waals surface area contributed by atoms with E-state index in [-0.39, 0.29) is 17.9 Å². The van der Waals surface area contributed by atoms with Crippen molar-refractivity contribution in [3.63, 3.8) is 0 Å². The standard InChI is InChI=1S/C36H37Cl2N5O5/c1-47-34-21(17-39-18-24-11-14-31(44)40-24)9-12-29(41-34)27-7-3-5-25(32(27)37)26-6-4-8-28(33(26)38)30-13-10-22(35(42-30)48-2)19-43-16-15-23(20-43)36(45)46/h3-10,12-13,23-24,39H,11,14-20H2,1-2H3,(H,40,44)(H,45,46)/t23-,24+/m1/s1. The molecule has 48 heavy (non-hydrogen) atoms. The van der Waals surface area contributed by atoms with Crippen LogP contribution in [0.15, 0.2) is 60.7 Å². The molecule has 0 unspecified atom stereocenters. The van der Waals surface area contributed by atoms with Crippen LogP contribution in [0, 0.1) is 5.92 Å². The van der Waals surface area contributed by atoms with E-state index >= 15 is 0 Å². The molecule has 2 saturated heterocycles. The fraction of sp³-hybridized carbons (Fsp3) is 0.333. The maximum absolute atomic E-state index is 11.5. The number of carbonyl (C=O) groups excluding carboxylic acids is 1. The fourth-order valence-corrected chi connectivity index (χ4v) is 7.00. The first-order valence-electron chi connectivity index (χ1n) is 15.9. The molecule has 2 aliphatic rings. The highest BCUT2D eigenvalue weighted by molar-refractivity contribution is 6.39. The third-order valence-corrected chi connectivity index (χ3v) is 9.73. The van der Waals surface area contributed by atoms with Gasteiger partial charge in [-0.1, -0.05) is 71.7 Å². The zero-order valence-corrected chi connectivity index (χ0v) is 28.3. The normalized spacial score (nSPS) is 17.8. The number of hydrogen-bond acceptors (Lipinski definition) is 8. The number of nitrogens with zero attached hydrogens (tertiary/aromatic N) is 3. The first-order valence-corrected chi connectivity index (χ1v) is 16.6. The minimum Gasteiger partial charge on any atom is -0.481 e. The predicted octanol–water partition coefficient (Wildman–Crippen LogP) is 6.08. The lowest BCUT2D eigenvalue weighted by molar-refractivity contribution is -0.141. The molecule has 2 aromatic carbocycles. The van der Waals surface area contributed by atoms with Crippen molar-refractivity contribution < 1.29 is 24.2 Å². The molecule has 250 valence electrons. The second-order valence-corrected chi connectivity index (χ2v) is 12.8. The van der Waals surface area contributed by atoms with Crippen LogP contribution in [-0.2, 0) is 22.7 Å². The molecular weight excluding hydrogens is 653 g/mol. The number of amides is 1. The molecule has 0 saturated carbocycles. The van der Waals surface area contributed by atoms with E-state index < -0.39 is 5.97 Å². The molecule has 4 heterocycles. The number of aliphatic carboxylic acids is 1. The van der Waals surface area contributed by atoms with E-state index in [9.17, 15) is 14.7 Å². The van der Waals surface area contributed by atoms with Crippen molar-refractivity contribution >= 4 is 35.1 Å². The molecule has 6 rings (SSSR count). The van der Waals surface area contributed by atoms with Crippen molar-refractivity contribution in [2.24, 2.45) is 5.92 Å². The van der Waals surface area contributed by atoms with Gasteiger partial charge in [-0.2, -0.15) is 0 Å². The van der Waals surface area contributed by atoms with Crippen LogP contribution in [0.3, 0.4) is 0 Å². The van der Waals surface area contributed by atoms with Crippen LogP contribution in [0.2, 0.25) is 10.0 Å². The summed E-state index contributed by atoms with van der Waals surface area (Å²) in [5, 5.41) is 16.7. The van der Waals surface area contributed by atoms with Gasteiger partial charge in [0, 0.05) is 72.0 Å². The van der Waals surface area contributed by atoms with Crippen LogP contribution in [0.5, 0.6) is 11.8 Å². The Labute approximate surface area is 289 Å². The van der Waals surface area contributed by atoms with Gasteiger partial charge in [0.15, 0.2) is 0 Å². The number of benzene rings is 2. The second kappa shape index (κ2) is 14.9. The summed E-state index contributed by atoms with van der Waals surface area (Å²) in [6.45, 7) is 2.97. The molecule has 0 aliphatic carbocycles. The molecular formula is C36H37Cl2N5O5. The number of halogens is 2. The van der Waals surface area contributed by atoms with Gasteiger partial charge in [0.05, 0.1) is 41.6 Å². The van der Waals surface area contributed by atoms with Crippen LogP contribution in [-0.4, -0.2) is 71.7 Å². The van der Waals surface area contributed by atoms with Gasteiger partial charge in [-0.05, 0) is 31.5 Å². The van der Waals surface area contributed by atoms with Gasteiger partial charge in [-0.15, -0.1) is 0 Å². The van der Waals surface area contributed by atoms with E-state index in [0.717, 1.165) is 39.8 Å². The summed E-state index contributed by atoms with van der Waals surface area (Å²) in [6, 6.07) is 19.4. The maximum atomic E-state index is 11.5. The number of nitrogens with one attached hydrogen (secondary N) is 2. The number of carboxylic acids is 1. The molecule has 3 N–H and O–H groups in total. The molecule has 0 radical (unpaired) electrons. The smallest absolute Gasteiger partial charge is 0.307 e. The van der Waals surface area contributed by atoms with Gasteiger partial charge < -0.3 is 25.2 Å². The molecule has 10 nitrogen and oxygen atoms in total. The van der Waals surface area contributed by atoms with Gasteiger partial charge in [-0.25, -0.2) is 9.97 Å². The highest BCUT2D eigenvalue weighted by Gasteiger charge is 2.29. The highest BCUT2D eigenvalue weighted by Crippen LogP contribution is 2.42. The number of rotatable bonds is 12. The van der Waals surface area contributed by atoms with E-state index in [1.165, 1.54) is 0 Å². The van der Waals surface area contributed by atoms with Crippen molar-refractivity contribution in [1.82, 2.24) is 25.5 Å². The Balaban J connectivity index is 1.23. The Bertz CT molecular complexity index is 1840. The molecule has 2 aliphatic heterocycles. The third kappa shape index (κ3) is 7.27. The Morgan fingerprint density at radius 2 is 1.48 bits per heavy atom. The molecule has 0 spiro atoms. The van der Waals surface area contributed by atoms with E-state index in [0.29, 0.717) is 78.8 Å². The SMILES string of the molecule is COc1nc(-c2cccc(-c3cccc(-c4ccc(CN5CC[C@@H](C(=O)O)C5)c(OC)n4)c3Cl)c2Cl)ccc1CNC[C@@H]1CCC(=O)N1. The summed E-state index contributed by atoms with van der Waals surface area (Å²) < 4.78 is 11.3. The molecule has 12 heteroatoms. The van der Waals surface area contributed by atoms with Crippen LogP contribution in [0.4, 0.5) is 0 Å². The Morgan fingerprint density at radius 1 is 0.896 bits per heavy atom. The van der Waals surface area contributed by atoms with Crippen LogP contribution in [0.1, 0.15) is 30.4 Å². The molecule has 1 amide bonds. The van der Waals surface area contributed by atoms with Gasteiger partial charge in [0.1, 0.15) is 0 Å². The van der Waals surface area contributed by atoms with E-state index in [4.69, 9.17) is 42.6 Å². The third-order valence-electron chi connectivity index (χ3n) is 8.91. The fourth-order valence-electron chi connectivity index (χ4n) is 6.35. The number of carbonyl (C=O) groups is 2. The summed E-state index contributed by atoms with van der Waals surface area (Å²) in [4.78, 5) is 34.6. The van der Waals surface area contributed by atoms with Crippen LogP contribution < -0.4 is 20.1 Å². The topological polar surface area (TPSA) is 126 Å². The number of hydrogen-bond donors (Lipinski definition) is 3. The summed E-state index contributed by atoms with van der Waals surface area (Å²) in [5.74, 6) is -0.0583. The number of pyridine rings is 2. The zero-order valence-electron chi connectivity index (χ0n) is 26.8. The zero-order chi connectivity index (χ0) is 33.8. The summed E-state index contributed by atoms with van der Waals surface area (Å²) in [7, 11) is 3.17. The average molecular weight is 691 g/mol. The Hall–Kier alpha value is -4.22. The minimum absolute atomic E-state index is 0.0937. The summed E-state index contributed by atoms with van der Waals surface area (Å²) >= 11 is 14.1. The van der Waals surface area contributed by atoms with Crippen LogP contribution in [0.25, 0.3) is 33.6 Å². The largest absolute Gasteiger partial charge is 0.481 e. The number of ether oxygens (including phenoxy) is 2. The maximum Gasteiger partial charge on any atom is 0.307 e. The first kappa shape index (κ1) is 33.7. The number of likely N-dealkylation sites (tertiary alicyclic amines) is 1. The van der Waals surface area contributed by atoms with Gasteiger partial charge in [-0.3, -0.25) is 14.5 Å². The lowest BCUT2D eigenvalue weighted by atomic mass is 9.98. The van der Waals surface area contributed by atoms with E-state index in [2.05, 4.69) is 15.5 Å². The highest BCUT2D eigenvalue weighted by atomic mass is 35.5. The van der Waals surface area contributed by atoms with E-state index in [1.54, 1.807) is 14.2 Å². The van der Waals surface area contributed by atoms with Gasteiger partial charge in [0.2, 0.25) is 17.7 Å². The molecule has 2 atom stereocenters. The number of methoxy groups -OCH3 is 2. The van der Waals surface area contributed by atoms with Crippen molar-refractivity contribution in [2.45, 2.75) is 38.4 Å². The lowest BCUT2D eigenvalue weighted by Gasteiger charge is -2.18. The first-order chi connectivity index (χ1) is 23.2. The van der Waals surface area contributed by atoms with Gasteiger partial charge in [0.25, 0.3) is 0 Å². The quantitative estimate of drug-likeness (QED) is 0.162.